The maximum Gasteiger partial charge on any atom is 0.294 e. The van der Waals surface area contributed by atoms with Gasteiger partial charge in [-0.1, -0.05) is 36.4 Å². The van der Waals surface area contributed by atoms with Crippen LogP contribution in [0.15, 0.2) is 77.4 Å². The number of amides is 1. The summed E-state index contributed by atoms with van der Waals surface area (Å²) in [6.45, 7) is 2.71. The Morgan fingerprint density at radius 1 is 1.06 bits per heavy atom. The SMILES string of the molecule is O=C(c1ccco1)N(c1cccc([N+](=O)[O-])c1)C1CCN(CCc2ccccc2)CC1. The minimum Gasteiger partial charge on any atom is -0.459 e. The van der Waals surface area contributed by atoms with Crippen LogP contribution in [0.1, 0.15) is 29.0 Å². The fourth-order valence-corrected chi connectivity index (χ4v) is 4.10. The molecule has 3 aromatic rings. The summed E-state index contributed by atoms with van der Waals surface area (Å²) in [7, 11) is 0. The molecule has 1 aromatic heterocycles. The molecule has 31 heavy (non-hydrogen) atoms. The number of nitrogens with zero attached hydrogens (tertiary/aromatic N) is 3. The van der Waals surface area contributed by atoms with Crippen LogP contribution in [-0.2, 0) is 6.42 Å². The number of anilines is 1. The first-order valence-electron chi connectivity index (χ1n) is 10.5. The lowest BCUT2D eigenvalue weighted by molar-refractivity contribution is -0.384. The van der Waals surface area contributed by atoms with E-state index in [0.29, 0.717) is 5.69 Å². The maximum absolute atomic E-state index is 13.2. The van der Waals surface area contributed by atoms with E-state index in [1.807, 2.05) is 6.07 Å². The summed E-state index contributed by atoms with van der Waals surface area (Å²) in [5.74, 6) is -0.0359. The molecule has 0 radical (unpaired) electrons. The Morgan fingerprint density at radius 3 is 2.52 bits per heavy atom. The van der Waals surface area contributed by atoms with Crippen molar-refractivity contribution >= 4 is 17.3 Å². The van der Waals surface area contributed by atoms with Crippen LogP contribution in [0, 0.1) is 10.1 Å². The zero-order valence-electron chi connectivity index (χ0n) is 17.2. The number of carbonyl (C=O) groups is 1. The standard InChI is InChI=1S/C24H25N3O4/c28-24(23-10-5-17-31-23)26(21-8-4-9-22(18-21)27(29)30)20-12-15-25(16-13-20)14-11-19-6-2-1-3-7-19/h1-10,17-18,20H,11-16H2. The van der Waals surface area contributed by atoms with Gasteiger partial charge in [-0.2, -0.15) is 0 Å². The minimum atomic E-state index is -0.439. The lowest BCUT2D eigenvalue weighted by atomic mass is 10.0. The van der Waals surface area contributed by atoms with Gasteiger partial charge in [-0.25, -0.2) is 0 Å². The molecule has 2 aromatic carbocycles. The Labute approximate surface area is 181 Å². The summed E-state index contributed by atoms with van der Waals surface area (Å²) in [5.41, 5.74) is 1.81. The lowest BCUT2D eigenvalue weighted by Crippen LogP contribution is -2.48. The van der Waals surface area contributed by atoms with E-state index < -0.39 is 4.92 Å². The smallest absolute Gasteiger partial charge is 0.294 e. The Morgan fingerprint density at radius 2 is 1.84 bits per heavy atom. The highest BCUT2D eigenvalue weighted by molar-refractivity contribution is 6.04. The van der Waals surface area contributed by atoms with E-state index in [0.717, 1.165) is 38.9 Å². The number of hydrogen-bond acceptors (Lipinski definition) is 5. The largest absolute Gasteiger partial charge is 0.459 e. The van der Waals surface area contributed by atoms with Crippen LogP contribution in [0.25, 0.3) is 0 Å². The first-order valence-corrected chi connectivity index (χ1v) is 10.5. The second-order valence-electron chi connectivity index (χ2n) is 7.74. The molecule has 0 aliphatic carbocycles. The summed E-state index contributed by atoms with van der Waals surface area (Å²) in [6.07, 6.45) is 4.05. The molecule has 0 atom stereocenters. The predicted octanol–water partition coefficient (Wildman–Crippen LogP) is 4.54. The number of carbonyl (C=O) groups excluding carboxylic acids is 1. The molecule has 2 heterocycles. The number of non-ortho nitro benzene ring substituents is 1. The molecule has 0 saturated carbocycles. The molecule has 1 aliphatic rings. The highest BCUT2D eigenvalue weighted by Crippen LogP contribution is 2.29. The number of hydrogen-bond donors (Lipinski definition) is 0. The molecule has 1 fully saturated rings. The average Bonchev–Trinajstić information content (AvgIpc) is 3.35. The Kier molecular flexibility index (Phi) is 6.43. The van der Waals surface area contributed by atoms with Crippen LogP contribution in [0.2, 0.25) is 0 Å². The van der Waals surface area contributed by atoms with Crippen LogP contribution in [0.5, 0.6) is 0 Å². The third kappa shape index (κ3) is 5.00. The van der Waals surface area contributed by atoms with Gasteiger partial charge in [-0.15, -0.1) is 0 Å². The highest BCUT2D eigenvalue weighted by Gasteiger charge is 2.31. The molecule has 0 bridgehead atoms. The summed E-state index contributed by atoms with van der Waals surface area (Å²) in [5, 5.41) is 11.3. The van der Waals surface area contributed by atoms with Crippen molar-refractivity contribution < 1.29 is 14.1 Å². The van der Waals surface area contributed by atoms with Gasteiger partial charge < -0.3 is 14.2 Å². The Balaban J connectivity index is 1.48. The van der Waals surface area contributed by atoms with Crippen molar-refractivity contribution in [2.75, 3.05) is 24.5 Å². The first kappa shape index (κ1) is 20.8. The number of nitro benzene ring substituents is 1. The zero-order valence-corrected chi connectivity index (χ0v) is 17.2. The maximum atomic E-state index is 13.2. The molecule has 1 saturated heterocycles. The van der Waals surface area contributed by atoms with Gasteiger partial charge in [0.15, 0.2) is 5.76 Å². The molecule has 1 aliphatic heterocycles. The third-order valence-electron chi connectivity index (χ3n) is 5.75. The van der Waals surface area contributed by atoms with Gasteiger partial charge in [0, 0.05) is 37.8 Å². The predicted molar refractivity (Wildman–Crippen MR) is 118 cm³/mol. The summed E-state index contributed by atoms with van der Waals surface area (Å²) in [6, 6.07) is 19.9. The van der Waals surface area contributed by atoms with E-state index in [9.17, 15) is 14.9 Å². The summed E-state index contributed by atoms with van der Waals surface area (Å²) < 4.78 is 5.34. The molecule has 7 nitrogen and oxygen atoms in total. The van der Waals surface area contributed by atoms with Crippen LogP contribution in [0.3, 0.4) is 0 Å². The Bertz CT molecular complexity index is 1010. The number of piperidine rings is 1. The summed E-state index contributed by atoms with van der Waals surface area (Å²) >= 11 is 0. The zero-order chi connectivity index (χ0) is 21.6. The van der Waals surface area contributed by atoms with E-state index in [1.54, 1.807) is 29.2 Å². The molecule has 7 heteroatoms. The quantitative estimate of drug-likeness (QED) is 0.415. The topological polar surface area (TPSA) is 79.8 Å². The number of furan rings is 1. The van der Waals surface area contributed by atoms with E-state index in [2.05, 4.69) is 29.2 Å². The van der Waals surface area contributed by atoms with Crippen molar-refractivity contribution in [3.05, 3.63) is 94.4 Å². The molecule has 4 rings (SSSR count). The van der Waals surface area contributed by atoms with E-state index in [4.69, 9.17) is 4.42 Å². The van der Waals surface area contributed by atoms with Gasteiger partial charge in [-0.3, -0.25) is 14.9 Å². The normalized spacial score (nSPS) is 15.0. The fraction of sp³-hybridized carbons (Fsp3) is 0.292. The van der Waals surface area contributed by atoms with Crippen molar-refractivity contribution in [2.45, 2.75) is 25.3 Å². The molecule has 160 valence electrons. The molecule has 0 unspecified atom stereocenters. The van der Waals surface area contributed by atoms with Crippen molar-refractivity contribution in [3.8, 4) is 0 Å². The van der Waals surface area contributed by atoms with Gasteiger partial charge in [0.25, 0.3) is 11.6 Å². The van der Waals surface area contributed by atoms with Crippen LogP contribution >= 0.6 is 0 Å². The lowest BCUT2D eigenvalue weighted by Gasteiger charge is -2.38. The molecule has 0 spiro atoms. The van der Waals surface area contributed by atoms with Crippen molar-refractivity contribution in [1.82, 2.24) is 4.90 Å². The van der Waals surface area contributed by atoms with Gasteiger partial charge in [0.2, 0.25) is 0 Å². The molecule has 0 N–H and O–H groups in total. The number of nitro groups is 1. The molecule has 1 amide bonds. The highest BCUT2D eigenvalue weighted by atomic mass is 16.6. The third-order valence-corrected chi connectivity index (χ3v) is 5.75. The van der Waals surface area contributed by atoms with Gasteiger partial charge in [0.1, 0.15) is 0 Å². The fourth-order valence-electron chi connectivity index (χ4n) is 4.10. The number of benzene rings is 2. The second-order valence-corrected chi connectivity index (χ2v) is 7.74. The van der Waals surface area contributed by atoms with Gasteiger partial charge >= 0.3 is 0 Å². The molecular weight excluding hydrogens is 394 g/mol. The van der Waals surface area contributed by atoms with Crippen molar-refractivity contribution in [2.24, 2.45) is 0 Å². The Hall–Kier alpha value is -3.45. The van der Waals surface area contributed by atoms with Gasteiger partial charge in [-0.05, 0) is 43.0 Å². The number of likely N-dealkylation sites (tertiary alicyclic amines) is 1. The first-order chi connectivity index (χ1) is 15.1. The monoisotopic (exact) mass is 419 g/mol. The van der Waals surface area contributed by atoms with Crippen molar-refractivity contribution in [1.29, 1.82) is 0 Å². The second kappa shape index (κ2) is 9.57. The van der Waals surface area contributed by atoms with E-state index >= 15 is 0 Å². The minimum absolute atomic E-state index is 0.0324. The average molecular weight is 419 g/mol. The summed E-state index contributed by atoms with van der Waals surface area (Å²) in [4.78, 5) is 28.1. The van der Waals surface area contributed by atoms with Crippen molar-refractivity contribution in [3.63, 3.8) is 0 Å². The van der Waals surface area contributed by atoms with Crippen LogP contribution in [0.4, 0.5) is 11.4 Å². The van der Waals surface area contributed by atoms with Gasteiger partial charge in [0.05, 0.1) is 16.9 Å². The van der Waals surface area contributed by atoms with Crippen LogP contribution < -0.4 is 4.90 Å². The number of rotatable bonds is 7. The van der Waals surface area contributed by atoms with E-state index in [1.165, 1.54) is 24.0 Å². The van der Waals surface area contributed by atoms with E-state index in [-0.39, 0.29) is 23.4 Å². The van der Waals surface area contributed by atoms with Crippen LogP contribution in [-0.4, -0.2) is 41.4 Å². The molecular formula is C24H25N3O4.